The average Bonchev–Trinajstić information content (AvgIpc) is 2.50. The third-order valence-electron chi connectivity index (χ3n) is 5.22. The van der Waals surface area contributed by atoms with Crippen LogP contribution >= 0.6 is 0 Å². The molecule has 2 fully saturated rings. The number of piperidine rings is 1. The summed E-state index contributed by atoms with van der Waals surface area (Å²) in [6, 6.07) is 0. The summed E-state index contributed by atoms with van der Waals surface area (Å²) in [7, 11) is 0. The first-order chi connectivity index (χ1) is 10.2. The highest BCUT2D eigenvalue weighted by Crippen LogP contribution is 2.33. The number of aliphatic hydroxyl groups excluding tert-OH is 2. The lowest BCUT2D eigenvalue weighted by Crippen LogP contribution is -2.43. The fraction of sp³-hybridized carbons (Fsp3) is 1.00. The number of likely N-dealkylation sites (tertiary alicyclic amines) is 1. The minimum absolute atomic E-state index is 0.0959. The molecular formula is C17H33NO3. The monoisotopic (exact) mass is 299 g/mol. The first-order valence-electron chi connectivity index (χ1n) is 8.85. The van der Waals surface area contributed by atoms with Crippen LogP contribution in [0.4, 0.5) is 0 Å². The van der Waals surface area contributed by atoms with E-state index in [-0.39, 0.29) is 12.7 Å². The molecule has 0 radical (unpaired) electrons. The van der Waals surface area contributed by atoms with Gasteiger partial charge in [-0.15, -0.1) is 0 Å². The van der Waals surface area contributed by atoms with Gasteiger partial charge in [0.1, 0.15) is 0 Å². The Morgan fingerprint density at radius 2 is 1.90 bits per heavy atom. The lowest BCUT2D eigenvalue weighted by Gasteiger charge is -2.39. The Bertz CT molecular complexity index is 279. The van der Waals surface area contributed by atoms with Gasteiger partial charge in [0.2, 0.25) is 0 Å². The van der Waals surface area contributed by atoms with E-state index in [1.165, 1.54) is 25.7 Å². The zero-order chi connectivity index (χ0) is 15.1. The van der Waals surface area contributed by atoms with Gasteiger partial charge in [0.15, 0.2) is 0 Å². The molecule has 3 atom stereocenters. The number of ether oxygens (including phenoxy) is 1. The second-order valence-corrected chi connectivity index (χ2v) is 6.89. The van der Waals surface area contributed by atoms with Gasteiger partial charge in [-0.25, -0.2) is 0 Å². The molecule has 1 heterocycles. The summed E-state index contributed by atoms with van der Waals surface area (Å²) in [6.45, 7) is 6.03. The van der Waals surface area contributed by atoms with Gasteiger partial charge in [0, 0.05) is 19.6 Å². The maximum Gasteiger partial charge on any atom is 0.0701 e. The predicted octanol–water partition coefficient (Wildman–Crippen LogP) is 2.04. The molecule has 2 rings (SSSR count). The van der Waals surface area contributed by atoms with Crippen LogP contribution in [0, 0.1) is 11.8 Å². The Morgan fingerprint density at radius 3 is 2.57 bits per heavy atom. The Hall–Kier alpha value is -0.160. The van der Waals surface area contributed by atoms with Crippen molar-refractivity contribution in [3.63, 3.8) is 0 Å². The zero-order valence-electron chi connectivity index (χ0n) is 13.5. The van der Waals surface area contributed by atoms with Gasteiger partial charge in [-0.05, 0) is 43.9 Å². The summed E-state index contributed by atoms with van der Waals surface area (Å²) in [5.74, 6) is 1.29. The van der Waals surface area contributed by atoms with Crippen molar-refractivity contribution < 1.29 is 14.9 Å². The predicted molar refractivity (Wildman–Crippen MR) is 84.2 cm³/mol. The van der Waals surface area contributed by atoms with Crippen LogP contribution in [0.2, 0.25) is 0 Å². The smallest absolute Gasteiger partial charge is 0.0701 e. The van der Waals surface area contributed by atoms with Gasteiger partial charge in [-0.3, -0.25) is 0 Å². The maximum atomic E-state index is 10.3. The number of aliphatic hydroxyl groups is 2. The number of nitrogens with zero attached hydrogens (tertiary/aromatic N) is 1. The maximum absolute atomic E-state index is 10.3. The molecule has 0 spiro atoms. The van der Waals surface area contributed by atoms with Gasteiger partial charge in [-0.2, -0.15) is 0 Å². The van der Waals surface area contributed by atoms with Crippen molar-refractivity contribution >= 4 is 0 Å². The summed E-state index contributed by atoms with van der Waals surface area (Å²) in [6.07, 6.45) is 8.33. The molecule has 4 heteroatoms. The van der Waals surface area contributed by atoms with Crippen LogP contribution in [0.25, 0.3) is 0 Å². The molecule has 1 aliphatic carbocycles. The van der Waals surface area contributed by atoms with Crippen LogP contribution < -0.4 is 0 Å². The van der Waals surface area contributed by atoms with E-state index in [0.717, 1.165) is 44.8 Å². The largest absolute Gasteiger partial charge is 0.394 e. The summed E-state index contributed by atoms with van der Waals surface area (Å²) in [5.41, 5.74) is 0. The van der Waals surface area contributed by atoms with Crippen LogP contribution in [0.3, 0.4) is 0 Å². The van der Waals surface area contributed by atoms with E-state index in [2.05, 4.69) is 11.8 Å². The van der Waals surface area contributed by atoms with Crippen molar-refractivity contribution in [1.29, 1.82) is 0 Å². The molecule has 2 aliphatic rings. The Morgan fingerprint density at radius 1 is 1.14 bits per heavy atom. The fourth-order valence-corrected chi connectivity index (χ4v) is 4.02. The Balaban J connectivity index is 1.71. The van der Waals surface area contributed by atoms with Gasteiger partial charge >= 0.3 is 0 Å². The van der Waals surface area contributed by atoms with Crippen molar-refractivity contribution in [2.45, 2.75) is 64.1 Å². The van der Waals surface area contributed by atoms with Gasteiger partial charge in [0.25, 0.3) is 0 Å². The minimum atomic E-state index is -0.0959. The van der Waals surface area contributed by atoms with Crippen LogP contribution in [-0.2, 0) is 4.74 Å². The summed E-state index contributed by atoms with van der Waals surface area (Å²) < 4.78 is 5.61. The quantitative estimate of drug-likeness (QED) is 0.755. The highest BCUT2D eigenvalue weighted by atomic mass is 16.5. The van der Waals surface area contributed by atoms with Gasteiger partial charge < -0.3 is 19.8 Å². The van der Waals surface area contributed by atoms with Crippen molar-refractivity contribution in [3.8, 4) is 0 Å². The standard InChI is InChI=1S/C17H33NO3/c1-2-3-14-4-5-17(20)15(12-14)13-18-8-6-16(7-9-18)21-11-10-19/h14-17,19-20H,2-13H2,1H3. The number of rotatable bonds is 7. The normalized spacial score (nSPS) is 32.4. The van der Waals surface area contributed by atoms with Gasteiger partial charge in [0.05, 0.1) is 25.4 Å². The van der Waals surface area contributed by atoms with Crippen molar-refractivity contribution in [1.82, 2.24) is 4.90 Å². The van der Waals surface area contributed by atoms with Crippen LogP contribution in [0.5, 0.6) is 0 Å². The fourth-order valence-electron chi connectivity index (χ4n) is 4.02. The molecule has 0 bridgehead atoms. The number of hydrogen-bond donors (Lipinski definition) is 2. The SMILES string of the molecule is CCCC1CCC(O)C(CN2CCC(OCCO)CC2)C1. The zero-order valence-corrected chi connectivity index (χ0v) is 13.5. The second-order valence-electron chi connectivity index (χ2n) is 6.89. The van der Waals surface area contributed by atoms with E-state index in [0.29, 0.717) is 18.6 Å². The Labute approximate surface area is 129 Å². The molecule has 1 aliphatic heterocycles. The molecular weight excluding hydrogens is 266 g/mol. The first kappa shape index (κ1) is 17.2. The highest BCUT2D eigenvalue weighted by Gasteiger charge is 2.31. The van der Waals surface area contributed by atoms with Crippen molar-refractivity contribution in [3.05, 3.63) is 0 Å². The van der Waals surface area contributed by atoms with E-state index in [1.807, 2.05) is 0 Å². The second kappa shape index (κ2) is 9.09. The topological polar surface area (TPSA) is 52.9 Å². The third kappa shape index (κ3) is 5.51. The molecule has 1 saturated heterocycles. The van der Waals surface area contributed by atoms with Crippen LogP contribution in [0.15, 0.2) is 0 Å². The molecule has 0 aromatic carbocycles. The minimum Gasteiger partial charge on any atom is -0.394 e. The first-order valence-corrected chi connectivity index (χ1v) is 8.85. The van der Waals surface area contributed by atoms with E-state index in [9.17, 15) is 5.11 Å². The molecule has 0 aromatic rings. The average molecular weight is 299 g/mol. The van der Waals surface area contributed by atoms with E-state index in [1.54, 1.807) is 0 Å². The summed E-state index contributed by atoms with van der Waals surface area (Å²) in [4.78, 5) is 2.50. The molecule has 124 valence electrons. The molecule has 21 heavy (non-hydrogen) atoms. The third-order valence-corrected chi connectivity index (χ3v) is 5.22. The summed E-state index contributed by atoms with van der Waals surface area (Å²) >= 11 is 0. The Kier molecular flexibility index (Phi) is 7.44. The van der Waals surface area contributed by atoms with Crippen molar-refractivity contribution in [2.75, 3.05) is 32.8 Å². The number of hydrogen-bond acceptors (Lipinski definition) is 4. The van der Waals surface area contributed by atoms with E-state index in [4.69, 9.17) is 9.84 Å². The highest BCUT2D eigenvalue weighted by molar-refractivity contribution is 4.83. The lowest BCUT2D eigenvalue weighted by molar-refractivity contribution is -0.0222. The van der Waals surface area contributed by atoms with Crippen molar-refractivity contribution in [2.24, 2.45) is 11.8 Å². The molecule has 0 amide bonds. The van der Waals surface area contributed by atoms with E-state index >= 15 is 0 Å². The van der Waals surface area contributed by atoms with Crippen LogP contribution in [0.1, 0.15) is 51.9 Å². The lowest BCUT2D eigenvalue weighted by atomic mass is 9.77. The van der Waals surface area contributed by atoms with E-state index < -0.39 is 0 Å². The molecule has 0 aromatic heterocycles. The molecule has 2 N–H and O–H groups in total. The molecule has 4 nitrogen and oxygen atoms in total. The van der Waals surface area contributed by atoms with Crippen LogP contribution in [-0.4, -0.2) is 60.2 Å². The molecule has 3 unspecified atom stereocenters. The van der Waals surface area contributed by atoms with Gasteiger partial charge in [-0.1, -0.05) is 19.8 Å². The molecule has 1 saturated carbocycles. The summed E-state index contributed by atoms with van der Waals surface area (Å²) in [5, 5.41) is 19.1.